The molecule has 0 fully saturated rings. The SMILES string of the molecule is Cc1nc(Cl)sc1S(=O)(=O)NC(C)c1ccco1. The number of hydrogen-bond acceptors (Lipinski definition) is 5. The van der Waals surface area contributed by atoms with E-state index in [-0.39, 0.29) is 8.68 Å². The van der Waals surface area contributed by atoms with Crippen molar-refractivity contribution in [3.8, 4) is 0 Å². The molecule has 1 N–H and O–H groups in total. The Balaban J connectivity index is 2.25. The second-order valence-electron chi connectivity index (χ2n) is 3.70. The first-order valence-electron chi connectivity index (χ1n) is 5.09. The molecule has 2 aromatic rings. The monoisotopic (exact) mass is 306 g/mol. The van der Waals surface area contributed by atoms with Crippen molar-refractivity contribution in [2.75, 3.05) is 0 Å². The van der Waals surface area contributed by atoms with Gasteiger partial charge in [-0.1, -0.05) is 22.9 Å². The second kappa shape index (κ2) is 5.00. The van der Waals surface area contributed by atoms with Crippen molar-refractivity contribution < 1.29 is 12.8 Å². The van der Waals surface area contributed by atoms with Gasteiger partial charge in [-0.2, -0.15) is 4.72 Å². The van der Waals surface area contributed by atoms with Crippen LogP contribution >= 0.6 is 22.9 Å². The van der Waals surface area contributed by atoms with Crippen LogP contribution in [0, 0.1) is 6.92 Å². The van der Waals surface area contributed by atoms with E-state index in [1.165, 1.54) is 6.26 Å². The molecule has 0 bridgehead atoms. The van der Waals surface area contributed by atoms with Gasteiger partial charge in [-0.25, -0.2) is 13.4 Å². The van der Waals surface area contributed by atoms with Gasteiger partial charge < -0.3 is 4.42 Å². The summed E-state index contributed by atoms with van der Waals surface area (Å²) in [6.07, 6.45) is 1.49. The summed E-state index contributed by atoms with van der Waals surface area (Å²) in [5.74, 6) is 0.548. The van der Waals surface area contributed by atoms with Gasteiger partial charge in [0, 0.05) is 0 Å². The van der Waals surface area contributed by atoms with Crippen molar-refractivity contribution >= 4 is 33.0 Å². The van der Waals surface area contributed by atoms with E-state index in [0.29, 0.717) is 11.5 Å². The molecule has 0 radical (unpaired) electrons. The molecule has 18 heavy (non-hydrogen) atoms. The zero-order valence-electron chi connectivity index (χ0n) is 9.68. The van der Waals surface area contributed by atoms with Crippen LogP contribution < -0.4 is 4.72 Å². The molecule has 0 aliphatic heterocycles. The summed E-state index contributed by atoms with van der Waals surface area (Å²) < 4.78 is 32.3. The van der Waals surface area contributed by atoms with Crippen LogP contribution in [0.15, 0.2) is 27.0 Å². The maximum absolute atomic E-state index is 12.1. The Morgan fingerprint density at radius 3 is 2.78 bits per heavy atom. The lowest BCUT2D eigenvalue weighted by atomic mass is 10.3. The Labute approximate surface area is 114 Å². The average molecular weight is 307 g/mol. The molecule has 1 unspecified atom stereocenters. The molecule has 0 aliphatic rings. The normalized spacial score (nSPS) is 13.7. The Morgan fingerprint density at radius 2 is 2.28 bits per heavy atom. The number of sulfonamides is 1. The first kappa shape index (κ1) is 13.5. The maximum atomic E-state index is 12.1. The fourth-order valence-electron chi connectivity index (χ4n) is 1.48. The average Bonchev–Trinajstić information content (AvgIpc) is 2.86. The molecule has 1 atom stereocenters. The Morgan fingerprint density at radius 1 is 1.56 bits per heavy atom. The number of aromatic nitrogens is 1. The third kappa shape index (κ3) is 2.74. The van der Waals surface area contributed by atoms with Crippen LogP contribution in [0.5, 0.6) is 0 Å². The number of halogens is 1. The first-order valence-corrected chi connectivity index (χ1v) is 7.76. The zero-order valence-corrected chi connectivity index (χ0v) is 12.1. The number of rotatable bonds is 4. The van der Waals surface area contributed by atoms with Crippen LogP contribution in [0.25, 0.3) is 0 Å². The number of furan rings is 1. The quantitative estimate of drug-likeness (QED) is 0.942. The fraction of sp³-hybridized carbons (Fsp3) is 0.300. The number of nitrogens with zero attached hydrogens (tertiary/aromatic N) is 1. The first-order chi connectivity index (χ1) is 8.40. The number of aryl methyl sites for hydroxylation is 1. The molecule has 0 aliphatic carbocycles. The highest BCUT2D eigenvalue weighted by molar-refractivity contribution is 7.91. The second-order valence-corrected chi connectivity index (χ2v) is 7.19. The van der Waals surface area contributed by atoms with Crippen LogP contribution in [0.2, 0.25) is 4.47 Å². The highest BCUT2D eigenvalue weighted by Gasteiger charge is 2.24. The van der Waals surface area contributed by atoms with E-state index in [9.17, 15) is 8.42 Å². The zero-order chi connectivity index (χ0) is 13.3. The smallest absolute Gasteiger partial charge is 0.252 e. The Hall–Kier alpha value is -0.890. The number of nitrogens with one attached hydrogen (secondary N) is 1. The Kier molecular flexibility index (Phi) is 3.76. The van der Waals surface area contributed by atoms with E-state index < -0.39 is 16.1 Å². The van der Waals surface area contributed by atoms with Crippen molar-refractivity contribution in [3.05, 3.63) is 34.3 Å². The summed E-state index contributed by atoms with van der Waals surface area (Å²) in [6.45, 7) is 3.31. The van der Waals surface area contributed by atoms with E-state index in [4.69, 9.17) is 16.0 Å². The van der Waals surface area contributed by atoms with E-state index in [1.54, 1.807) is 26.0 Å². The lowest BCUT2D eigenvalue weighted by Crippen LogP contribution is -2.26. The van der Waals surface area contributed by atoms with Crippen molar-refractivity contribution in [1.29, 1.82) is 0 Å². The van der Waals surface area contributed by atoms with E-state index in [0.717, 1.165) is 11.3 Å². The molecule has 5 nitrogen and oxygen atoms in total. The van der Waals surface area contributed by atoms with E-state index in [1.807, 2.05) is 0 Å². The Bertz CT molecular complexity index is 634. The standard InChI is InChI=1S/C10H11ClN2O3S2/c1-6(8-4-3-5-16-8)13-18(14,15)9-7(2)12-10(11)17-9/h3-6,13H,1-2H3. The van der Waals surface area contributed by atoms with E-state index >= 15 is 0 Å². The predicted molar refractivity (Wildman–Crippen MR) is 69.3 cm³/mol. The fourth-order valence-corrected chi connectivity index (χ4v) is 4.45. The minimum Gasteiger partial charge on any atom is -0.468 e. The highest BCUT2D eigenvalue weighted by Crippen LogP contribution is 2.28. The molecule has 0 aromatic carbocycles. The summed E-state index contributed by atoms with van der Waals surface area (Å²) in [5.41, 5.74) is 0.393. The van der Waals surface area contributed by atoms with Gasteiger partial charge in [0.25, 0.3) is 10.0 Å². The van der Waals surface area contributed by atoms with Crippen molar-refractivity contribution in [2.45, 2.75) is 24.1 Å². The summed E-state index contributed by atoms with van der Waals surface area (Å²) in [4.78, 5) is 3.89. The molecule has 2 aromatic heterocycles. The van der Waals surface area contributed by atoms with Crippen LogP contribution in [0.4, 0.5) is 0 Å². The summed E-state index contributed by atoms with van der Waals surface area (Å²) >= 11 is 6.64. The maximum Gasteiger partial charge on any atom is 0.252 e. The summed E-state index contributed by atoms with van der Waals surface area (Å²) in [5, 5.41) is 0. The van der Waals surface area contributed by atoms with Gasteiger partial charge in [0.1, 0.15) is 5.76 Å². The van der Waals surface area contributed by atoms with Gasteiger partial charge in [0.05, 0.1) is 18.0 Å². The molecule has 98 valence electrons. The lowest BCUT2D eigenvalue weighted by molar-refractivity contribution is 0.459. The molecular formula is C10H11ClN2O3S2. The topological polar surface area (TPSA) is 72.2 Å². The number of thiazole rings is 1. The minimum absolute atomic E-state index is 0.130. The van der Waals surface area contributed by atoms with Gasteiger partial charge in [-0.3, -0.25) is 0 Å². The van der Waals surface area contributed by atoms with Gasteiger partial charge >= 0.3 is 0 Å². The predicted octanol–water partition coefficient (Wildman–Crippen LogP) is 2.74. The van der Waals surface area contributed by atoms with Gasteiger partial charge in [-0.05, 0) is 26.0 Å². The van der Waals surface area contributed by atoms with Crippen LogP contribution in [0.1, 0.15) is 24.4 Å². The van der Waals surface area contributed by atoms with Gasteiger partial charge in [-0.15, -0.1) is 0 Å². The minimum atomic E-state index is -3.63. The molecule has 0 spiro atoms. The summed E-state index contributed by atoms with van der Waals surface area (Å²) in [7, 11) is -3.63. The molecule has 0 saturated heterocycles. The van der Waals surface area contributed by atoms with Crippen molar-refractivity contribution in [2.24, 2.45) is 0 Å². The molecule has 2 heterocycles. The lowest BCUT2D eigenvalue weighted by Gasteiger charge is -2.10. The molecule has 2 rings (SSSR count). The third-order valence-corrected chi connectivity index (χ3v) is 5.69. The van der Waals surface area contributed by atoms with Crippen LogP contribution in [-0.2, 0) is 10.0 Å². The highest BCUT2D eigenvalue weighted by atomic mass is 35.5. The van der Waals surface area contributed by atoms with E-state index in [2.05, 4.69) is 9.71 Å². The molecular weight excluding hydrogens is 296 g/mol. The van der Waals surface area contributed by atoms with Gasteiger partial charge in [0.15, 0.2) is 8.68 Å². The molecule has 0 saturated carbocycles. The molecule has 0 amide bonds. The van der Waals surface area contributed by atoms with Gasteiger partial charge in [0.2, 0.25) is 0 Å². The van der Waals surface area contributed by atoms with Crippen molar-refractivity contribution in [1.82, 2.24) is 9.71 Å². The largest absolute Gasteiger partial charge is 0.468 e. The molecule has 8 heteroatoms. The third-order valence-electron chi connectivity index (χ3n) is 2.27. The van der Waals surface area contributed by atoms with Crippen LogP contribution in [-0.4, -0.2) is 13.4 Å². The summed E-state index contributed by atoms with van der Waals surface area (Å²) in [6, 6.07) is 2.96. The number of hydrogen-bond donors (Lipinski definition) is 1. The van der Waals surface area contributed by atoms with Crippen LogP contribution in [0.3, 0.4) is 0 Å². The van der Waals surface area contributed by atoms with Crippen molar-refractivity contribution in [3.63, 3.8) is 0 Å².